The lowest BCUT2D eigenvalue weighted by atomic mass is 10.1. The highest BCUT2D eigenvalue weighted by Crippen LogP contribution is 2.27. The minimum absolute atomic E-state index is 0.662. The van der Waals surface area contributed by atoms with Crippen molar-refractivity contribution in [2.45, 2.75) is 26.2 Å². The zero-order chi connectivity index (χ0) is 13.0. The van der Waals surface area contributed by atoms with Gasteiger partial charge in [-0.25, -0.2) is 15.2 Å². The smallest absolute Gasteiger partial charge is 0.332 e. The molecule has 0 bridgehead atoms. The Morgan fingerprint density at radius 3 is 2.89 bits per heavy atom. The monoisotopic (exact) mass is 267 g/mol. The van der Waals surface area contributed by atoms with Crippen LogP contribution >= 0.6 is 11.3 Å². The Hall–Kier alpha value is -1.63. The Kier molecular flexibility index (Phi) is 4.14. The molecule has 7 heteroatoms. The van der Waals surface area contributed by atoms with Crippen molar-refractivity contribution in [2.75, 3.05) is 18.0 Å². The number of nitrogens with one attached hydrogen (secondary N) is 1. The van der Waals surface area contributed by atoms with Crippen molar-refractivity contribution >= 4 is 28.7 Å². The molecule has 1 fully saturated rings. The van der Waals surface area contributed by atoms with Gasteiger partial charge in [0.1, 0.15) is 0 Å². The molecule has 1 aliphatic heterocycles. The first-order chi connectivity index (χ1) is 8.66. The van der Waals surface area contributed by atoms with Crippen LogP contribution in [0.1, 0.15) is 29.8 Å². The van der Waals surface area contributed by atoms with Crippen LogP contribution in [0.3, 0.4) is 0 Å². The number of hydrogen-bond acceptors (Lipinski definition) is 5. The van der Waals surface area contributed by atoms with Crippen molar-refractivity contribution in [3.63, 3.8) is 0 Å². The molecule has 2 amide bonds. The van der Waals surface area contributed by atoms with Gasteiger partial charge in [0.25, 0.3) is 0 Å². The number of hydrogen-bond donors (Lipinski definition) is 2. The number of urea groups is 1. The number of rotatable bonds is 3. The first kappa shape index (κ1) is 12.8. The van der Waals surface area contributed by atoms with Crippen LogP contribution in [0.2, 0.25) is 0 Å². The lowest BCUT2D eigenvalue weighted by molar-refractivity contribution is 0.249. The molecule has 3 N–H and O–H groups in total. The van der Waals surface area contributed by atoms with Crippen molar-refractivity contribution in [2.24, 2.45) is 10.8 Å². The van der Waals surface area contributed by atoms with Crippen LogP contribution in [0.4, 0.5) is 9.93 Å². The lowest BCUT2D eigenvalue weighted by Crippen LogP contribution is -2.29. The van der Waals surface area contributed by atoms with Gasteiger partial charge in [-0.05, 0) is 26.2 Å². The van der Waals surface area contributed by atoms with E-state index in [9.17, 15) is 4.79 Å². The predicted octanol–water partition coefficient (Wildman–Crippen LogP) is 1.44. The van der Waals surface area contributed by atoms with E-state index in [1.54, 1.807) is 17.6 Å². The Morgan fingerprint density at radius 2 is 2.22 bits per heavy atom. The SMILES string of the molecule is Cc1nc(N2CCCCC2)sc1/C=N\NC(N)=O. The molecule has 2 rings (SSSR count). The van der Waals surface area contributed by atoms with Crippen LogP contribution in [0.25, 0.3) is 0 Å². The molecule has 0 spiro atoms. The van der Waals surface area contributed by atoms with Crippen LogP contribution in [0.5, 0.6) is 0 Å². The summed E-state index contributed by atoms with van der Waals surface area (Å²) in [6.07, 6.45) is 5.35. The van der Waals surface area contributed by atoms with Crippen molar-refractivity contribution in [1.29, 1.82) is 0 Å². The van der Waals surface area contributed by atoms with Gasteiger partial charge in [-0.2, -0.15) is 5.10 Å². The zero-order valence-corrected chi connectivity index (χ0v) is 11.2. The summed E-state index contributed by atoms with van der Waals surface area (Å²) in [4.78, 5) is 18.3. The average Bonchev–Trinajstić information content (AvgIpc) is 2.72. The fourth-order valence-electron chi connectivity index (χ4n) is 1.89. The quantitative estimate of drug-likeness (QED) is 0.642. The molecule has 0 radical (unpaired) electrons. The summed E-state index contributed by atoms with van der Waals surface area (Å²) >= 11 is 1.59. The van der Waals surface area contributed by atoms with E-state index in [2.05, 4.69) is 20.4 Å². The third-order valence-electron chi connectivity index (χ3n) is 2.80. The highest BCUT2D eigenvalue weighted by Gasteiger charge is 2.15. The highest BCUT2D eigenvalue weighted by molar-refractivity contribution is 7.17. The van der Waals surface area contributed by atoms with E-state index in [0.29, 0.717) is 0 Å². The fraction of sp³-hybridized carbons (Fsp3) is 0.545. The molecule has 1 aromatic heterocycles. The van der Waals surface area contributed by atoms with Crippen LogP contribution in [-0.2, 0) is 0 Å². The highest BCUT2D eigenvalue weighted by atomic mass is 32.1. The van der Waals surface area contributed by atoms with E-state index in [4.69, 9.17) is 5.73 Å². The molecule has 1 aromatic rings. The maximum atomic E-state index is 10.5. The van der Waals surface area contributed by atoms with Gasteiger partial charge < -0.3 is 10.6 Å². The van der Waals surface area contributed by atoms with E-state index in [1.807, 2.05) is 6.92 Å². The molecule has 1 aliphatic rings. The van der Waals surface area contributed by atoms with Crippen molar-refractivity contribution in [1.82, 2.24) is 10.4 Å². The Bertz CT molecular complexity index is 450. The van der Waals surface area contributed by atoms with Gasteiger partial charge in [0.05, 0.1) is 16.8 Å². The second-order valence-corrected chi connectivity index (χ2v) is 5.24. The number of nitrogens with two attached hydrogens (primary N) is 1. The van der Waals surface area contributed by atoms with Gasteiger partial charge in [-0.1, -0.05) is 11.3 Å². The summed E-state index contributed by atoms with van der Waals surface area (Å²) in [7, 11) is 0. The first-order valence-electron chi connectivity index (χ1n) is 5.97. The molecule has 2 heterocycles. The Balaban J connectivity index is 2.06. The molecule has 1 saturated heterocycles. The number of primary amides is 1. The number of aryl methyl sites for hydroxylation is 1. The molecule has 6 nitrogen and oxygen atoms in total. The number of nitrogens with zero attached hydrogens (tertiary/aromatic N) is 3. The fourth-order valence-corrected chi connectivity index (χ4v) is 2.88. The minimum atomic E-state index is -0.662. The standard InChI is InChI=1S/C11H17N5OS/c1-8-9(7-13-15-10(12)17)18-11(14-8)16-5-3-2-4-6-16/h7H,2-6H2,1H3,(H3,12,15,17)/b13-7-. The molecule has 0 atom stereocenters. The average molecular weight is 267 g/mol. The van der Waals surface area contributed by atoms with Gasteiger partial charge in [0, 0.05) is 13.1 Å². The van der Waals surface area contributed by atoms with E-state index < -0.39 is 6.03 Å². The number of aromatic nitrogens is 1. The van der Waals surface area contributed by atoms with E-state index in [-0.39, 0.29) is 0 Å². The summed E-state index contributed by atoms with van der Waals surface area (Å²) in [6, 6.07) is -0.662. The third kappa shape index (κ3) is 3.19. The summed E-state index contributed by atoms with van der Waals surface area (Å²) < 4.78 is 0. The summed E-state index contributed by atoms with van der Waals surface area (Å²) in [6.45, 7) is 4.09. The lowest BCUT2D eigenvalue weighted by Gasteiger charge is -2.25. The second kappa shape index (κ2) is 5.81. The van der Waals surface area contributed by atoms with Crippen LogP contribution in [-0.4, -0.2) is 30.3 Å². The number of piperidine rings is 1. The minimum Gasteiger partial charge on any atom is -0.350 e. The second-order valence-electron chi connectivity index (χ2n) is 4.23. The number of anilines is 1. The topological polar surface area (TPSA) is 83.6 Å². The number of amides is 2. The van der Waals surface area contributed by atoms with E-state index in [0.717, 1.165) is 28.8 Å². The van der Waals surface area contributed by atoms with Crippen molar-refractivity contribution in [3.05, 3.63) is 10.6 Å². The van der Waals surface area contributed by atoms with Gasteiger partial charge in [-0.15, -0.1) is 0 Å². The Morgan fingerprint density at radius 1 is 1.50 bits per heavy atom. The number of thiazole rings is 1. The van der Waals surface area contributed by atoms with Crippen LogP contribution < -0.4 is 16.1 Å². The molecule has 18 heavy (non-hydrogen) atoms. The van der Waals surface area contributed by atoms with Gasteiger partial charge in [0.2, 0.25) is 0 Å². The summed E-state index contributed by atoms with van der Waals surface area (Å²) in [5, 5.41) is 4.80. The number of carbonyl (C=O) groups excluding carboxylic acids is 1. The van der Waals surface area contributed by atoms with Crippen LogP contribution in [0, 0.1) is 6.92 Å². The van der Waals surface area contributed by atoms with E-state index in [1.165, 1.54) is 19.3 Å². The largest absolute Gasteiger partial charge is 0.350 e. The molecule has 0 unspecified atom stereocenters. The number of hydrazone groups is 1. The number of carbonyl (C=O) groups is 1. The molecule has 0 aliphatic carbocycles. The van der Waals surface area contributed by atoms with Gasteiger partial charge in [0.15, 0.2) is 5.13 Å². The van der Waals surface area contributed by atoms with Crippen molar-refractivity contribution < 1.29 is 4.79 Å². The Labute approximate surface area is 110 Å². The molecular weight excluding hydrogens is 250 g/mol. The van der Waals surface area contributed by atoms with E-state index >= 15 is 0 Å². The summed E-state index contributed by atoms with van der Waals surface area (Å²) in [5.41, 5.74) is 8.04. The zero-order valence-electron chi connectivity index (χ0n) is 10.3. The van der Waals surface area contributed by atoms with Crippen LogP contribution in [0.15, 0.2) is 5.10 Å². The first-order valence-corrected chi connectivity index (χ1v) is 6.79. The molecule has 98 valence electrons. The maximum Gasteiger partial charge on any atom is 0.332 e. The van der Waals surface area contributed by atoms with Gasteiger partial charge >= 0.3 is 6.03 Å². The normalized spacial score (nSPS) is 16.2. The van der Waals surface area contributed by atoms with Gasteiger partial charge in [-0.3, -0.25) is 0 Å². The van der Waals surface area contributed by atoms with Crippen molar-refractivity contribution in [3.8, 4) is 0 Å². The molecule has 0 aromatic carbocycles. The third-order valence-corrected chi connectivity index (χ3v) is 3.96. The predicted molar refractivity (Wildman–Crippen MR) is 73.2 cm³/mol. The summed E-state index contributed by atoms with van der Waals surface area (Å²) in [5.74, 6) is 0. The molecular formula is C11H17N5OS. The maximum absolute atomic E-state index is 10.5. The molecule has 0 saturated carbocycles.